The van der Waals surface area contributed by atoms with E-state index in [1.165, 1.54) is 6.07 Å². The highest BCUT2D eigenvalue weighted by atomic mass is 16.5. The molecule has 6 heteroatoms. The first-order chi connectivity index (χ1) is 9.78. The molecule has 0 unspecified atom stereocenters. The number of carbonyl (C=O) groups is 2. The molecule has 1 aromatic rings. The number of nitrogens with one attached hydrogen (secondary N) is 1. The summed E-state index contributed by atoms with van der Waals surface area (Å²) in [6, 6.07) is 4.93. The number of rotatable bonds is 3. The Morgan fingerprint density at radius 3 is 2.71 bits per heavy atom. The fourth-order valence-electron chi connectivity index (χ4n) is 2.27. The molecule has 0 atom stereocenters. The van der Waals surface area contributed by atoms with Gasteiger partial charge < -0.3 is 20.1 Å². The molecule has 1 aromatic carbocycles. The Labute approximate surface area is 123 Å². The van der Waals surface area contributed by atoms with Gasteiger partial charge in [-0.1, -0.05) is 6.07 Å². The molecule has 1 amide bonds. The maximum Gasteiger partial charge on any atom is 0.339 e. The minimum absolute atomic E-state index is 0.101. The number of carboxylic acids is 1. The summed E-state index contributed by atoms with van der Waals surface area (Å²) in [4.78, 5) is 25.1. The molecule has 2 rings (SSSR count). The number of fused-ring (bicyclic) bond motifs is 1. The van der Waals surface area contributed by atoms with Crippen molar-refractivity contribution in [1.29, 1.82) is 0 Å². The Balaban J connectivity index is 2.21. The summed E-state index contributed by atoms with van der Waals surface area (Å²) >= 11 is 0. The third-order valence-electron chi connectivity index (χ3n) is 3.02. The van der Waals surface area contributed by atoms with Gasteiger partial charge in [0.15, 0.2) is 5.75 Å². The van der Waals surface area contributed by atoms with Gasteiger partial charge in [-0.25, -0.2) is 4.79 Å². The van der Waals surface area contributed by atoms with Gasteiger partial charge in [-0.15, -0.1) is 0 Å². The van der Waals surface area contributed by atoms with Crippen LogP contribution < -0.4 is 15.0 Å². The number of nitrogens with zero attached hydrogens (tertiary/aromatic N) is 1. The zero-order valence-corrected chi connectivity index (χ0v) is 12.5. The van der Waals surface area contributed by atoms with Crippen LogP contribution in [0.3, 0.4) is 0 Å². The highest BCUT2D eigenvalue weighted by Crippen LogP contribution is 2.34. The summed E-state index contributed by atoms with van der Waals surface area (Å²) in [6.07, 6.45) is 0. The molecule has 1 heterocycles. The molecule has 21 heavy (non-hydrogen) atoms. The summed E-state index contributed by atoms with van der Waals surface area (Å²) in [5.74, 6) is -0.802. The lowest BCUT2D eigenvalue weighted by Gasteiger charge is -2.32. The average Bonchev–Trinajstić information content (AvgIpc) is 2.36. The van der Waals surface area contributed by atoms with Crippen LogP contribution in [0, 0.1) is 0 Å². The van der Waals surface area contributed by atoms with E-state index < -0.39 is 5.97 Å². The molecule has 0 spiro atoms. The van der Waals surface area contributed by atoms with Gasteiger partial charge in [0.1, 0.15) is 12.2 Å². The first kappa shape index (κ1) is 15.2. The number of hydrogen-bond acceptors (Lipinski definition) is 4. The largest absolute Gasteiger partial charge is 0.489 e. The number of anilines is 1. The van der Waals surface area contributed by atoms with Crippen molar-refractivity contribution in [2.24, 2.45) is 0 Å². The van der Waals surface area contributed by atoms with E-state index in [2.05, 4.69) is 5.32 Å². The van der Waals surface area contributed by atoms with Crippen LogP contribution in [-0.2, 0) is 4.79 Å². The number of carbonyl (C=O) groups excluding carboxylic acids is 1. The van der Waals surface area contributed by atoms with Crippen molar-refractivity contribution >= 4 is 17.6 Å². The fourth-order valence-corrected chi connectivity index (χ4v) is 2.27. The monoisotopic (exact) mass is 292 g/mol. The molecule has 0 bridgehead atoms. The molecular formula is C15H20N2O4. The Morgan fingerprint density at radius 2 is 2.10 bits per heavy atom. The summed E-state index contributed by atoms with van der Waals surface area (Å²) < 4.78 is 5.47. The lowest BCUT2D eigenvalue weighted by Crippen LogP contribution is -2.47. The van der Waals surface area contributed by atoms with Crippen molar-refractivity contribution in [3.8, 4) is 5.75 Å². The predicted molar refractivity (Wildman–Crippen MR) is 79.0 cm³/mol. The number of hydrogen-bond donors (Lipinski definition) is 2. The highest BCUT2D eigenvalue weighted by molar-refractivity contribution is 5.94. The van der Waals surface area contributed by atoms with Crippen molar-refractivity contribution in [2.75, 3.05) is 24.6 Å². The summed E-state index contributed by atoms with van der Waals surface area (Å²) in [5.41, 5.74) is 0.466. The third-order valence-corrected chi connectivity index (χ3v) is 3.02. The van der Waals surface area contributed by atoms with Gasteiger partial charge in [-0.05, 0) is 32.9 Å². The van der Waals surface area contributed by atoms with Gasteiger partial charge >= 0.3 is 5.97 Å². The normalized spacial score (nSPS) is 14.1. The van der Waals surface area contributed by atoms with Crippen LogP contribution in [0.5, 0.6) is 5.75 Å². The van der Waals surface area contributed by atoms with E-state index >= 15 is 0 Å². The molecule has 1 aliphatic heterocycles. The Bertz CT molecular complexity index is 563. The number of benzene rings is 1. The van der Waals surface area contributed by atoms with Crippen LogP contribution in [0.4, 0.5) is 5.69 Å². The zero-order chi connectivity index (χ0) is 15.6. The van der Waals surface area contributed by atoms with E-state index in [0.717, 1.165) is 0 Å². The standard InChI is InChI=1S/C15H20N2O4/c1-15(2,3)16-12(18)9-17-7-8-21-13-10(14(19)20)5-4-6-11(13)17/h4-6H,7-9H2,1-3H3,(H,16,18)(H,19,20). The molecular weight excluding hydrogens is 272 g/mol. The van der Waals surface area contributed by atoms with E-state index in [1.807, 2.05) is 25.7 Å². The topological polar surface area (TPSA) is 78.9 Å². The smallest absolute Gasteiger partial charge is 0.339 e. The van der Waals surface area contributed by atoms with Crippen molar-refractivity contribution < 1.29 is 19.4 Å². The zero-order valence-electron chi connectivity index (χ0n) is 12.5. The first-order valence-corrected chi connectivity index (χ1v) is 6.83. The Hall–Kier alpha value is -2.24. The third kappa shape index (κ3) is 3.65. The van der Waals surface area contributed by atoms with E-state index in [4.69, 9.17) is 4.74 Å². The van der Waals surface area contributed by atoms with E-state index in [1.54, 1.807) is 12.1 Å². The quantitative estimate of drug-likeness (QED) is 0.882. The van der Waals surface area contributed by atoms with Crippen LogP contribution in [0.15, 0.2) is 18.2 Å². The molecule has 2 N–H and O–H groups in total. The second-order valence-corrected chi connectivity index (χ2v) is 6.03. The van der Waals surface area contributed by atoms with Crippen LogP contribution in [-0.4, -0.2) is 42.2 Å². The van der Waals surface area contributed by atoms with Crippen LogP contribution in [0.1, 0.15) is 31.1 Å². The van der Waals surface area contributed by atoms with E-state index in [0.29, 0.717) is 24.6 Å². The van der Waals surface area contributed by atoms with Gasteiger partial charge in [0, 0.05) is 5.54 Å². The van der Waals surface area contributed by atoms with Crippen LogP contribution in [0.2, 0.25) is 0 Å². The number of amides is 1. The molecule has 0 radical (unpaired) electrons. The number of ether oxygens (including phenoxy) is 1. The maximum absolute atomic E-state index is 12.0. The lowest BCUT2D eigenvalue weighted by atomic mass is 10.1. The minimum atomic E-state index is -1.03. The molecule has 6 nitrogen and oxygen atoms in total. The second kappa shape index (κ2) is 5.63. The van der Waals surface area contributed by atoms with Crippen molar-refractivity contribution in [1.82, 2.24) is 5.32 Å². The van der Waals surface area contributed by atoms with E-state index in [-0.39, 0.29) is 23.6 Å². The molecule has 0 aromatic heterocycles. The summed E-state index contributed by atoms with van der Waals surface area (Å²) in [7, 11) is 0. The van der Waals surface area contributed by atoms with Gasteiger partial charge in [0.05, 0.1) is 18.8 Å². The first-order valence-electron chi connectivity index (χ1n) is 6.83. The van der Waals surface area contributed by atoms with Crippen molar-refractivity contribution in [3.63, 3.8) is 0 Å². The molecule has 1 aliphatic rings. The second-order valence-electron chi connectivity index (χ2n) is 6.03. The SMILES string of the molecule is CC(C)(C)NC(=O)CN1CCOc2c(C(=O)O)cccc21. The van der Waals surface area contributed by atoms with Gasteiger partial charge in [-0.3, -0.25) is 4.79 Å². The molecule has 114 valence electrons. The number of carboxylic acid groups (broad SMARTS) is 1. The van der Waals surface area contributed by atoms with Gasteiger partial charge in [0.2, 0.25) is 5.91 Å². The lowest BCUT2D eigenvalue weighted by molar-refractivity contribution is -0.121. The Kier molecular flexibility index (Phi) is 4.06. The van der Waals surface area contributed by atoms with Crippen LogP contribution >= 0.6 is 0 Å². The molecule has 0 saturated carbocycles. The average molecular weight is 292 g/mol. The Morgan fingerprint density at radius 1 is 1.38 bits per heavy atom. The van der Waals surface area contributed by atoms with Gasteiger partial charge in [0.25, 0.3) is 0 Å². The summed E-state index contributed by atoms with van der Waals surface area (Å²) in [6.45, 7) is 6.84. The summed E-state index contributed by atoms with van der Waals surface area (Å²) in [5, 5.41) is 12.1. The molecule has 0 saturated heterocycles. The van der Waals surface area contributed by atoms with Gasteiger partial charge in [-0.2, -0.15) is 0 Å². The fraction of sp³-hybridized carbons (Fsp3) is 0.467. The highest BCUT2D eigenvalue weighted by Gasteiger charge is 2.25. The van der Waals surface area contributed by atoms with Crippen LogP contribution in [0.25, 0.3) is 0 Å². The predicted octanol–water partition coefficient (Wildman–Crippen LogP) is 1.50. The number of para-hydroxylation sites is 1. The van der Waals surface area contributed by atoms with Crippen molar-refractivity contribution in [2.45, 2.75) is 26.3 Å². The van der Waals surface area contributed by atoms with Crippen molar-refractivity contribution in [3.05, 3.63) is 23.8 Å². The number of aromatic carboxylic acids is 1. The van der Waals surface area contributed by atoms with E-state index in [9.17, 15) is 14.7 Å². The minimum Gasteiger partial charge on any atom is -0.489 e. The molecule has 0 fully saturated rings. The maximum atomic E-state index is 12.0. The molecule has 0 aliphatic carbocycles.